The zero-order valence-corrected chi connectivity index (χ0v) is 8.70. The smallest absolute Gasteiger partial charge is 0.243 e. The van der Waals surface area contributed by atoms with Crippen molar-refractivity contribution in [2.24, 2.45) is 0 Å². The second-order valence-electron chi connectivity index (χ2n) is 3.28. The maximum Gasteiger partial charge on any atom is 0.483 e. The van der Waals surface area contributed by atoms with Gasteiger partial charge in [0, 0.05) is 0 Å². The highest BCUT2D eigenvalue weighted by atomic mass is 19.4. The topological polar surface area (TPSA) is 9.23 Å². The molecule has 0 fully saturated rings. The van der Waals surface area contributed by atoms with Gasteiger partial charge in [-0.15, -0.1) is 0 Å². The van der Waals surface area contributed by atoms with Crippen molar-refractivity contribution in [1.29, 1.82) is 0 Å². The number of rotatable bonds is 4. The van der Waals surface area contributed by atoms with Crippen LogP contribution in [0.4, 0.5) is 61.5 Å². The Morgan fingerprint density at radius 3 is 0.952 bits per heavy atom. The summed E-state index contributed by atoms with van der Waals surface area (Å²) in [4.78, 5) is 0. The fraction of sp³-hybridized carbons (Fsp3) is 1.00. The maximum atomic E-state index is 12.3. The predicted octanol–water partition coefficient (Wildman–Crippen LogP) is 4.58. The summed E-state index contributed by atoms with van der Waals surface area (Å²) in [5, 5.41) is 0. The van der Waals surface area contributed by atoms with Crippen molar-refractivity contribution >= 4 is 0 Å². The average Bonchev–Trinajstić information content (AvgIpc) is 2.11. The van der Waals surface area contributed by atoms with E-state index in [1.165, 1.54) is 4.74 Å². The molecule has 0 atom stereocenters. The van der Waals surface area contributed by atoms with Crippen molar-refractivity contribution in [3.8, 4) is 0 Å². The fourth-order valence-electron chi connectivity index (χ4n) is 0.644. The van der Waals surface area contributed by atoms with E-state index in [1.807, 2.05) is 0 Å². The van der Waals surface area contributed by atoms with E-state index in [0.29, 0.717) is 0 Å². The lowest BCUT2D eigenvalue weighted by Gasteiger charge is -2.34. The molecule has 0 heterocycles. The molecule has 15 heteroatoms. The molecule has 21 heavy (non-hydrogen) atoms. The van der Waals surface area contributed by atoms with E-state index in [0.717, 1.165) is 0 Å². The molecule has 0 radical (unpaired) electrons. The van der Waals surface area contributed by atoms with E-state index in [2.05, 4.69) is 0 Å². The summed E-state index contributed by atoms with van der Waals surface area (Å²) in [6.45, 7) is 0. The Morgan fingerprint density at radius 2 is 0.714 bits per heavy atom. The molecule has 1 nitrogen and oxygen atoms in total. The van der Waals surface area contributed by atoms with Gasteiger partial charge in [0.15, 0.2) is 0 Å². The van der Waals surface area contributed by atoms with Crippen LogP contribution in [-0.4, -0.2) is 36.4 Å². The highest BCUT2D eigenvalue weighted by molar-refractivity contribution is 4.97. The normalized spacial score (nSPS) is 16.3. The Labute approximate surface area is 104 Å². The first-order valence-electron chi connectivity index (χ1n) is 4.05. The molecule has 0 rings (SSSR count). The molecular weight excluding hydrogens is 354 g/mol. The summed E-state index contributed by atoms with van der Waals surface area (Å²) < 4.78 is 167. The second kappa shape index (κ2) is 4.74. The summed E-state index contributed by atoms with van der Waals surface area (Å²) in [5.74, 6) is -15.4. The minimum Gasteiger partial charge on any atom is -0.243 e. The quantitative estimate of drug-likeness (QED) is 0.672. The Kier molecular flexibility index (Phi) is 4.51. The van der Waals surface area contributed by atoms with E-state index in [-0.39, 0.29) is 0 Å². The number of hydrogen-bond donors (Lipinski definition) is 0. The Hall–Kier alpha value is -1.02. The molecule has 0 bridgehead atoms. The summed E-state index contributed by atoms with van der Waals surface area (Å²) in [7, 11) is 0. The first-order valence-corrected chi connectivity index (χ1v) is 4.05. The summed E-state index contributed by atoms with van der Waals surface area (Å²) in [6, 6.07) is 0. The summed E-state index contributed by atoms with van der Waals surface area (Å²) in [6.07, 6.45) is -29.1. The molecule has 0 N–H and O–H groups in total. The van der Waals surface area contributed by atoms with Gasteiger partial charge in [0.1, 0.15) is 0 Å². The Bertz CT molecular complexity index is 374. The van der Waals surface area contributed by atoms with Gasteiger partial charge < -0.3 is 0 Å². The molecule has 0 saturated carbocycles. The molecular formula is C6F14O. The molecule has 128 valence electrons. The van der Waals surface area contributed by atoms with Gasteiger partial charge in [0.05, 0.1) is 0 Å². The zero-order chi connectivity index (χ0) is 17.7. The van der Waals surface area contributed by atoms with Crippen LogP contribution in [0, 0.1) is 0 Å². The van der Waals surface area contributed by atoms with Gasteiger partial charge in [-0.05, 0) is 0 Å². The van der Waals surface area contributed by atoms with Crippen LogP contribution in [0.5, 0.6) is 0 Å². The minimum absolute atomic E-state index is 1.21. The number of hydrogen-bond acceptors (Lipinski definition) is 1. The first-order chi connectivity index (χ1) is 8.71. The summed E-state index contributed by atoms with van der Waals surface area (Å²) >= 11 is 0. The van der Waals surface area contributed by atoms with Crippen molar-refractivity contribution in [2.75, 3.05) is 0 Å². The van der Waals surface area contributed by atoms with E-state index in [1.54, 1.807) is 0 Å². The average molecular weight is 354 g/mol. The van der Waals surface area contributed by atoms with E-state index >= 15 is 0 Å². The van der Waals surface area contributed by atoms with Gasteiger partial charge in [-0.25, -0.2) is 4.74 Å². The number of ether oxygens (including phenoxy) is 1. The van der Waals surface area contributed by atoms with Crippen molar-refractivity contribution in [3.63, 3.8) is 0 Å². The first kappa shape index (κ1) is 20.0. The van der Waals surface area contributed by atoms with Gasteiger partial charge in [0.2, 0.25) is 0 Å². The van der Waals surface area contributed by atoms with Crippen LogP contribution >= 0.6 is 0 Å². The van der Waals surface area contributed by atoms with Crippen molar-refractivity contribution in [2.45, 2.75) is 36.4 Å². The van der Waals surface area contributed by atoms with Crippen LogP contribution in [0.3, 0.4) is 0 Å². The highest BCUT2D eigenvalue weighted by Gasteiger charge is 2.85. The van der Waals surface area contributed by atoms with Crippen LogP contribution < -0.4 is 0 Å². The lowest BCUT2D eigenvalue weighted by Crippen LogP contribution is -2.63. The molecule has 0 unspecified atom stereocenters. The fourth-order valence-corrected chi connectivity index (χ4v) is 0.644. The van der Waals surface area contributed by atoms with Crippen LogP contribution in [-0.2, 0) is 4.74 Å². The predicted molar refractivity (Wildman–Crippen MR) is 33.0 cm³/mol. The molecule has 0 amide bonds. The molecule has 0 aliphatic carbocycles. The third kappa shape index (κ3) is 3.26. The minimum atomic E-state index is -7.74. The molecule has 0 aliphatic rings. The monoisotopic (exact) mass is 354 g/mol. The van der Waals surface area contributed by atoms with Crippen molar-refractivity contribution in [1.82, 2.24) is 0 Å². The van der Waals surface area contributed by atoms with E-state index < -0.39 is 36.4 Å². The lowest BCUT2D eigenvalue weighted by atomic mass is 10.1. The zero-order valence-electron chi connectivity index (χ0n) is 8.70. The van der Waals surface area contributed by atoms with Crippen molar-refractivity contribution in [3.05, 3.63) is 0 Å². The van der Waals surface area contributed by atoms with Crippen LogP contribution in [0.2, 0.25) is 0 Å². The van der Waals surface area contributed by atoms with Crippen LogP contribution in [0.15, 0.2) is 0 Å². The van der Waals surface area contributed by atoms with Crippen molar-refractivity contribution < 1.29 is 66.2 Å². The van der Waals surface area contributed by atoms with Gasteiger partial charge in [-0.2, -0.15) is 61.5 Å². The molecule has 0 spiro atoms. The largest absolute Gasteiger partial charge is 0.483 e. The van der Waals surface area contributed by atoms with Gasteiger partial charge in [-0.1, -0.05) is 0 Å². The Morgan fingerprint density at radius 1 is 0.381 bits per heavy atom. The third-order valence-electron chi connectivity index (χ3n) is 1.70. The number of alkyl halides is 14. The molecule has 0 aromatic heterocycles. The van der Waals surface area contributed by atoms with Gasteiger partial charge >= 0.3 is 36.4 Å². The van der Waals surface area contributed by atoms with Gasteiger partial charge in [0.25, 0.3) is 0 Å². The second-order valence-corrected chi connectivity index (χ2v) is 3.28. The van der Waals surface area contributed by atoms with E-state index in [9.17, 15) is 61.5 Å². The standard InChI is InChI=1S/C6F14O/c7-1(8,3(11,12)13)2(9,10)5(17,18)21-6(19,20)4(14,15)16. The Balaban J connectivity index is 5.71. The summed E-state index contributed by atoms with van der Waals surface area (Å²) in [5.41, 5.74) is 0. The molecule has 0 aliphatic heterocycles. The molecule has 0 aromatic carbocycles. The maximum absolute atomic E-state index is 12.3. The lowest BCUT2D eigenvalue weighted by molar-refractivity contribution is -0.513. The van der Waals surface area contributed by atoms with Gasteiger partial charge in [-0.3, -0.25) is 0 Å². The van der Waals surface area contributed by atoms with Crippen LogP contribution in [0.25, 0.3) is 0 Å². The van der Waals surface area contributed by atoms with Crippen LogP contribution in [0.1, 0.15) is 0 Å². The highest BCUT2D eigenvalue weighted by Crippen LogP contribution is 2.55. The number of halogens is 14. The molecule has 0 aromatic rings. The third-order valence-corrected chi connectivity index (χ3v) is 1.70. The van der Waals surface area contributed by atoms with E-state index in [4.69, 9.17) is 0 Å². The molecule has 0 saturated heterocycles. The SMILES string of the molecule is FC(F)(F)C(F)(F)OC(F)(F)C(F)(F)C(F)(F)C(F)(F)F.